The van der Waals surface area contributed by atoms with Crippen LogP contribution in [0.1, 0.15) is 12.1 Å². The second kappa shape index (κ2) is 3.78. The van der Waals surface area contributed by atoms with Crippen LogP contribution in [0.3, 0.4) is 0 Å². The summed E-state index contributed by atoms with van der Waals surface area (Å²) in [7, 11) is 0. The number of hydrogen-bond acceptors (Lipinski definition) is 1. The van der Waals surface area contributed by atoms with Crippen molar-refractivity contribution in [2.24, 2.45) is 0 Å². The van der Waals surface area contributed by atoms with Crippen LogP contribution in [0.25, 0.3) is 0 Å². The van der Waals surface area contributed by atoms with Crippen LogP contribution in [0.2, 0.25) is 5.02 Å². The number of aromatic nitrogens is 1. The van der Waals surface area contributed by atoms with E-state index in [1.54, 1.807) is 22.6 Å². The number of halogens is 5. The van der Waals surface area contributed by atoms with Gasteiger partial charge in [-0.15, -0.1) is 0 Å². The summed E-state index contributed by atoms with van der Waals surface area (Å²) >= 11 is 6.96. The Morgan fingerprint density at radius 2 is 2.08 bits per heavy atom. The fourth-order valence-corrected chi connectivity index (χ4v) is 1.23. The van der Waals surface area contributed by atoms with Gasteiger partial charge in [0.2, 0.25) is 0 Å². The van der Waals surface area contributed by atoms with Crippen molar-refractivity contribution >= 4 is 34.2 Å². The molecule has 0 saturated heterocycles. The van der Waals surface area contributed by atoms with Gasteiger partial charge in [0.1, 0.15) is 20.2 Å². The van der Waals surface area contributed by atoms with E-state index < -0.39 is 17.9 Å². The largest absolute Gasteiger partial charge is 0.280 e. The highest BCUT2D eigenvalue weighted by molar-refractivity contribution is 14.1. The van der Waals surface area contributed by atoms with Gasteiger partial charge in [-0.25, -0.2) is 18.2 Å². The highest BCUT2D eigenvalue weighted by atomic mass is 127. The van der Waals surface area contributed by atoms with Gasteiger partial charge in [-0.05, 0) is 22.6 Å². The van der Waals surface area contributed by atoms with Crippen molar-refractivity contribution in [3.8, 4) is 0 Å². The van der Waals surface area contributed by atoms with E-state index in [2.05, 4.69) is 4.98 Å². The lowest BCUT2D eigenvalue weighted by atomic mass is 10.3. The molecule has 1 heterocycles. The molecule has 1 rings (SSSR count). The summed E-state index contributed by atoms with van der Waals surface area (Å²) in [5, 5.41) is -0.222. The molecule has 1 nitrogen and oxygen atoms in total. The molecule has 0 saturated carbocycles. The van der Waals surface area contributed by atoms with Crippen LogP contribution >= 0.6 is 34.2 Å². The molecule has 0 bridgehead atoms. The Bertz CT molecular complexity index is 282. The zero-order chi connectivity index (χ0) is 9.30. The van der Waals surface area contributed by atoms with Gasteiger partial charge < -0.3 is 0 Å². The summed E-state index contributed by atoms with van der Waals surface area (Å²) in [5.41, 5.74) is -0.596. The maximum atomic E-state index is 12.7. The minimum Gasteiger partial charge on any atom is -0.239 e. The van der Waals surface area contributed by atoms with Crippen molar-refractivity contribution in [2.75, 3.05) is 0 Å². The van der Waals surface area contributed by atoms with Gasteiger partial charge in [-0.2, -0.15) is 0 Å². The zero-order valence-corrected chi connectivity index (χ0v) is 8.41. The maximum Gasteiger partial charge on any atom is 0.280 e. The highest BCUT2D eigenvalue weighted by Crippen LogP contribution is 2.25. The molecule has 0 amide bonds. The van der Waals surface area contributed by atoms with E-state index in [-0.39, 0.29) is 8.72 Å². The molecule has 0 aliphatic carbocycles. The third kappa shape index (κ3) is 2.01. The Hall–Kier alpha value is -0.0400. The normalized spacial score (nSPS) is 10.8. The summed E-state index contributed by atoms with van der Waals surface area (Å²) in [6.45, 7) is 0. The third-order valence-electron chi connectivity index (χ3n) is 1.12. The molecule has 0 aliphatic rings. The fourth-order valence-electron chi connectivity index (χ4n) is 0.598. The van der Waals surface area contributed by atoms with Crippen LogP contribution in [0, 0.1) is 9.52 Å². The quantitative estimate of drug-likeness (QED) is 0.572. The molecular weight excluding hydrogens is 305 g/mol. The average Bonchev–Trinajstić information content (AvgIpc) is 1.99. The summed E-state index contributed by atoms with van der Waals surface area (Å²) < 4.78 is 36.7. The molecule has 0 aromatic carbocycles. The van der Waals surface area contributed by atoms with Gasteiger partial charge in [0.25, 0.3) is 6.43 Å². The summed E-state index contributed by atoms with van der Waals surface area (Å²) in [6.07, 6.45) is -2.77. The van der Waals surface area contributed by atoms with Gasteiger partial charge in [0.15, 0.2) is 0 Å². The highest BCUT2D eigenvalue weighted by Gasteiger charge is 2.14. The molecule has 0 unspecified atom stereocenters. The van der Waals surface area contributed by atoms with Gasteiger partial charge in [0.05, 0.1) is 0 Å². The first-order valence-electron chi connectivity index (χ1n) is 2.82. The predicted octanol–water partition coefficient (Wildman–Crippen LogP) is 3.42. The van der Waals surface area contributed by atoms with Crippen molar-refractivity contribution in [2.45, 2.75) is 6.43 Å². The number of pyridine rings is 1. The van der Waals surface area contributed by atoms with Gasteiger partial charge in [-0.3, -0.25) is 0 Å². The lowest BCUT2D eigenvalue weighted by molar-refractivity contribution is 0.145. The first-order chi connectivity index (χ1) is 5.52. The maximum absolute atomic E-state index is 12.7. The van der Waals surface area contributed by atoms with Crippen LogP contribution in [0.5, 0.6) is 0 Å². The molecule has 1 aromatic heterocycles. The lowest BCUT2D eigenvalue weighted by Gasteiger charge is -2.01. The second-order valence-corrected chi connectivity index (χ2v) is 3.33. The molecule has 66 valence electrons. The third-order valence-corrected chi connectivity index (χ3v) is 2.58. The van der Waals surface area contributed by atoms with Crippen molar-refractivity contribution in [1.82, 2.24) is 4.98 Å². The van der Waals surface area contributed by atoms with E-state index in [1.807, 2.05) is 0 Å². The Labute approximate surface area is 85.1 Å². The summed E-state index contributed by atoms with van der Waals surface area (Å²) in [4.78, 5) is 3.40. The van der Waals surface area contributed by atoms with Gasteiger partial charge >= 0.3 is 0 Å². The standard InChI is InChI=1S/C6H2ClF3IN/c7-4-2(8)1-3(5(9)10)12-6(4)11/h1,5H. The molecule has 0 radical (unpaired) electrons. The molecule has 0 aliphatic heterocycles. The Morgan fingerprint density at radius 1 is 1.50 bits per heavy atom. The minimum atomic E-state index is -2.77. The van der Waals surface area contributed by atoms with Crippen molar-refractivity contribution in [1.29, 1.82) is 0 Å². The molecule has 1 aromatic rings. The summed E-state index contributed by atoms with van der Waals surface area (Å²) in [6, 6.07) is 0.634. The first-order valence-corrected chi connectivity index (χ1v) is 4.27. The van der Waals surface area contributed by atoms with E-state index in [9.17, 15) is 13.2 Å². The molecule has 12 heavy (non-hydrogen) atoms. The SMILES string of the molecule is Fc1cc(C(F)F)nc(I)c1Cl. The Kier molecular flexibility index (Phi) is 3.16. The van der Waals surface area contributed by atoms with Gasteiger partial charge in [-0.1, -0.05) is 11.6 Å². The molecule has 0 fully saturated rings. The van der Waals surface area contributed by atoms with Crippen LogP contribution in [0.15, 0.2) is 6.07 Å². The van der Waals surface area contributed by atoms with Crippen molar-refractivity contribution < 1.29 is 13.2 Å². The van der Waals surface area contributed by atoms with Gasteiger partial charge in [0, 0.05) is 6.07 Å². The summed E-state index contributed by atoms with van der Waals surface area (Å²) in [5.74, 6) is -0.869. The molecular formula is C6H2ClF3IN. The molecule has 0 spiro atoms. The Balaban J connectivity index is 3.21. The lowest BCUT2D eigenvalue weighted by Crippen LogP contribution is -1.95. The monoisotopic (exact) mass is 307 g/mol. The van der Waals surface area contributed by atoms with E-state index in [4.69, 9.17) is 11.6 Å². The predicted molar refractivity (Wildman–Crippen MR) is 46.9 cm³/mol. The second-order valence-electron chi connectivity index (χ2n) is 1.93. The first kappa shape index (κ1) is 10.0. The number of rotatable bonds is 1. The molecule has 6 heteroatoms. The number of hydrogen-bond donors (Lipinski definition) is 0. The Morgan fingerprint density at radius 3 is 2.50 bits per heavy atom. The van der Waals surface area contributed by atoms with Crippen molar-refractivity contribution in [3.05, 3.63) is 26.3 Å². The van der Waals surface area contributed by atoms with Crippen LogP contribution in [-0.2, 0) is 0 Å². The van der Waals surface area contributed by atoms with Crippen LogP contribution in [0.4, 0.5) is 13.2 Å². The number of nitrogens with zero attached hydrogens (tertiary/aromatic N) is 1. The van der Waals surface area contributed by atoms with E-state index in [0.717, 1.165) is 0 Å². The zero-order valence-electron chi connectivity index (χ0n) is 5.49. The average molecular weight is 307 g/mol. The fraction of sp³-hybridized carbons (Fsp3) is 0.167. The smallest absolute Gasteiger partial charge is 0.239 e. The van der Waals surface area contributed by atoms with Crippen molar-refractivity contribution in [3.63, 3.8) is 0 Å². The van der Waals surface area contributed by atoms with Crippen LogP contribution in [-0.4, -0.2) is 4.98 Å². The van der Waals surface area contributed by atoms with Crippen LogP contribution < -0.4 is 0 Å². The topological polar surface area (TPSA) is 12.9 Å². The number of alkyl halides is 2. The molecule has 0 atom stereocenters. The minimum absolute atomic E-state index is 0.0459. The van der Waals surface area contributed by atoms with E-state index >= 15 is 0 Å². The van der Waals surface area contributed by atoms with E-state index in [0.29, 0.717) is 6.07 Å². The molecule has 0 N–H and O–H groups in total. The van der Waals surface area contributed by atoms with E-state index in [1.165, 1.54) is 0 Å².